The van der Waals surface area contributed by atoms with Crippen molar-refractivity contribution in [1.29, 1.82) is 0 Å². The molecule has 0 fully saturated rings. The highest BCUT2D eigenvalue weighted by Crippen LogP contribution is 2.31. The molecular weight excluding hydrogens is 165 g/mol. The van der Waals surface area contributed by atoms with Crippen molar-refractivity contribution in [3.05, 3.63) is 34.9 Å². The third-order valence-electron chi connectivity index (χ3n) is 1.61. The molecule has 3 heteroatoms. The first kappa shape index (κ1) is 9.10. The molecule has 0 aliphatic carbocycles. The van der Waals surface area contributed by atoms with E-state index in [1.54, 1.807) is 6.92 Å². The van der Waals surface area contributed by atoms with Crippen LogP contribution in [0.5, 0.6) is 0 Å². The predicted molar refractivity (Wildman–Crippen MR) is 39.8 cm³/mol. The van der Waals surface area contributed by atoms with Gasteiger partial charge in [-0.2, -0.15) is 13.2 Å². The molecule has 0 unspecified atom stereocenters. The van der Waals surface area contributed by atoms with Crippen LogP contribution in [-0.4, -0.2) is 0 Å². The Labute approximate surface area is 69.0 Å². The summed E-state index contributed by atoms with van der Waals surface area (Å²) in [6, 6.07) is 4.99. The molecule has 0 amide bonds. The zero-order valence-corrected chi connectivity index (χ0v) is 6.79. The Balaban J connectivity index is 3.19. The molecule has 0 nitrogen and oxygen atoms in total. The van der Waals surface area contributed by atoms with E-state index in [1.807, 2.05) is 0 Å². The second kappa shape index (κ2) is 2.81. The summed E-state index contributed by atoms with van der Waals surface area (Å²) in [5.74, 6) is 0. The molecule has 0 saturated carbocycles. The van der Waals surface area contributed by atoms with E-state index in [-0.39, 0.29) is 5.56 Å². The molecule has 1 rings (SSSR count). The van der Waals surface area contributed by atoms with E-state index in [1.165, 1.54) is 13.0 Å². The van der Waals surface area contributed by atoms with Crippen molar-refractivity contribution in [3.63, 3.8) is 0 Å². The van der Waals surface area contributed by atoms with Gasteiger partial charge in [0.25, 0.3) is 0 Å². The molecular formula is C9H8F3. The molecule has 1 radical (unpaired) electrons. The molecule has 0 aliphatic rings. The van der Waals surface area contributed by atoms with E-state index in [4.69, 9.17) is 0 Å². The van der Waals surface area contributed by atoms with Crippen LogP contribution in [0.15, 0.2) is 12.1 Å². The lowest BCUT2D eigenvalue weighted by Gasteiger charge is -2.09. The molecule has 1 aromatic rings. The molecule has 0 aromatic heterocycles. The fourth-order valence-corrected chi connectivity index (χ4v) is 1.05. The summed E-state index contributed by atoms with van der Waals surface area (Å²) >= 11 is 0. The van der Waals surface area contributed by atoms with Gasteiger partial charge in [0.05, 0.1) is 5.56 Å². The van der Waals surface area contributed by atoms with Gasteiger partial charge in [0.1, 0.15) is 0 Å². The van der Waals surface area contributed by atoms with Crippen LogP contribution in [-0.2, 0) is 6.18 Å². The van der Waals surface area contributed by atoms with Gasteiger partial charge in [-0.15, -0.1) is 0 Å². The summed E-state index contributed by atoms with van der Waals surface area (Å²) in [6.45, 7) is 3.16. The smallest absolute Gasteiger partial charge is 0.166 e. The standard InChI is InChI=1S/C9H8F3/c1-6-3-4-8(7(2)5-6)9(10,11)12/h4-5H,1-2H3. The molecule has 0 N–H and O–H groups in total. The van der Waals surface area contributed by atoms with E-state index in [2.05, 4.69) is 6.07 Å². The molecule has 0 atom stereocenters. The summed E-state index contributed by atoms with van der Waals surface area (Å²) in [5, 5.41) is 0. The first-order chi connectivity index (χ1) is 5.41. The van der Waals surface area contributed by atoms with Crippen LogP contribution >= 0.6 is 0 Å². The van der Waals surface area contributed by atoms with Crippen molar-refractivity contribution in [3.8, 4) is 0 Å². The lowest BCUT2D eigenvalue weighted by atomic mass is 10.1. The number of rotatable bonds is 0. The Morgan fingerprint density at radius 2 is 1.83 bits per heavy atom. The van der Waals surface area contributed by atoms with Crippen molar-refractivity contribution in [2.24, 2.45) is 0 Å². The molecule has 1 aromatic carbocycles. The number of halogens is 3. The zero-order chi connectivity index (χ0) is 9.35. The van der Waals surface area contributed by atoms with Crippen molar-refractivity contribution in [1.82, 2.24) is 0 Å². The average Bonchev–Trinajstić information content (AvgIpc) is 1.83. The highest BCUT2D eigenvalue weighted by molar-refractivity contribution is 5.31. The minimum absolute atomic E-state index is 0.249. The predicted octanol–water partition coefficient (Wildman–Crippen LogP) is 3.12. The number of hydrogen-bond acceptors (Lipinski definition) is 0. The van der Waals surface area contributed by atoms with E-state index in [9.17, 15) is 13.2 Å². The van der Waals surface area contributed by atoms with E-state index in [0.29, 0.717) is 0 Å². The highest BCUT2D eigenvalue weighted by atomic mass is 19.4. The summed E-state index contributed by atoms with van der Waals surface area (Å²) in [7, 11) is 0. The van der Waals surface area contributed by atoms with Gasteiger partial charge in [-0.05, 0) is 37.1 Å². The molecule has 12 heavy (non-hydrogen) atoms. The van der Waals surface area contributed by atoms with Crippen LogP contribution in [0.4, 0.5) is 13.2 Å². The summed E-state index contributed by atoms with van der Waals surface area (Å²) in [4.78, 5) is 0. The third-order valence-corrected chi connectivity index (χ3v) is 1.61. The topological polar surface area (TPSA) is 0 Å². The first-order valence-electron chi connectivity index (χ1n) is 3.47. The number of benzene rings is 1. The Morgan fingerprint density at radius 1 is 1.25 bits per heavy atom. The summed E-state index contributed by atoms with van der Waals surface area (Å²) < 4.78 is 36.5. The maximum absolute atomic E-state index is 12.2. The largest absolute Gasteiger partial charge is 0.416 e. The lowest BCUT2D eigenvalue weighted by Crippen LogP contribution is -2.07. The third kappa shape index (κ3) is 1.78. The van der Waals surface area contributed by atoms with Crippen molar-refractivity contribution in [2.75, 3.05) is 0 Å². The van der Waals surface area contributed by atoms with Crippen molar-refractivity contribution < 1.29 is 13.2 Å². The molecule has 0 heterocycles. The molecule has 0 aliphatic heterocycles. The van der Waals surface area contributed by atoms with E-state index >= 15 is 0 Å². The van der Waals surface area contributed by atoms with Crippen LogP contribution in [0, 0.1) is 19.9 Å². The van der Waals surface area contributed by atoms with Gasteiger partial charge in [0.15, 0.2) is 0 Å². The van der Waals surface area contributed by atoms with Gasteiger partial charge in [-0.25, -0.2) is 0 Å². The van der Waals surface area contributed by atoms with Gasteiger partial charge >= 0.3 is 6.18 Å². The second-order valence-electron chi connectivity index (χ2n) is 2.71. The van der Waals surface area contributed by atoms with Crippen LogP contribution in [0.1, 0.15) is 16.7 Å². The fraction of sp³-hybridized carbons (Fsp3) is 0.333. The second-order valence-corrected chi connectivity index (χ2v) is 2.71. The Kier molecular flexibility index (Phi) is 2.13. The van der Waals surface area contributed by atoms with Gasteiger partial charge in [-0.3, -0.25) is 0 Å². The van der Waals surface area contributed by atoms with E-state index in [0.717, 1.165) is 11.6 Å². The Hall–Kier alpha value is -0.990. The van der Waals surface area contributed by atoms with Crippen LogP contribution in [0.25, 0.3) is 0 Å². The van der Waals surface area contributed by atoms with Crippen LogP contribution in [0.3, 0.4) is 0 Å². The number of hydrogen-bond donors (Lipinski definition) is 0. The highest BCUT2D eigenvalue weighted by Gasteiger charge is 2.31. The van der Waals surface area contributed by atoms with Gasteiger partial charge in [0.2, 0.25) is 0 Å². The minimum Gasteiger partial charge on any atom is -0.166 e. The molecule has 0 spiro atoms. The Bertz CT molecular complexity index is 286. The maximum Gasteiger partial charge on any atom is 0.416 e. The normalized spacial score (nSPS) is 11.8. The zero-order valence-electron chi connectivity index (χ0n) is 6.79. The summed E-state index contributed by atoms with van der Waals surface area (Å²) in [5.41, 5.74) is 0.368. The fourth-order valence-electron chi connectivity index (χ4n) is 1.05. The SMILES string of the molecule is Cc1[c]cc(C(F)(F)F)c(C)c1. The van der Waals surface area contributed by atoms with Gasteiger partial charge < -0.3 is 0 Å². The van der Waals surface area contributed by atoms with Gasteiger partial charge in [0, 0.05) is 0 Å². The van der Waals surface area contributed by atoms with Crippen LogP contribution in [0.2, 0.25) is 0 Å². The van der Waals surface area contributed by atoms with Crippen LogP contribution < -0.4 is 0 Å². The minimum atomic E-state index is -4.26. The quantitative estimate of drug-likeness (QED) is 0.565. The molecule has 0 saturated heterocycles. The maximum atomic E-state index is 12.2. The molecule has 65 valence electrons. The summed E-state index contributed by atoms with van der Waals surface area (Å²) in [6.07, 6.45) is -4.26. The van der Waals surface area contributed by atoms with Crippen molar-refractivity contribution >= 4 is 0 Å². The van der Waals surface area contributed by atoms with E-state index < -0.39 is 11.7 Å². The number of alkyl halides is 3. The monoisotopic (exact) mass is 173 g/mol. The Morgan fingerprint density at radius 3 is 2.25 bits per heavy atom. The van der Waals surface area contributed by atoms with Gasteiger partial charge in [-0.1, -0.05) is 6.07 Å². The number of aryl methyl sites for hydroxylation is 2. The first-order valence-corrected chi connectivity index (χ1v) is 3.47. The average molecular weight is 173 g/mol. The molecule has 0 bridgehead atoms. The lowest BCUT2D eigenvalue weighted by molar-refractivity contribution is -0.138. The van der Waals surface area contributed by atoms with Crippen molar-refractivity contribution in [2.45, 2.75) is 20.0 Å².